The molecule has 5 rings (SSSR count). The quantitative estimate of drug-likeness (QED) is 0.306. The van der Waals surface area contributed by atoms with Gasteiger partial charge in [-0.15, -0.1) is 0 Å². The van der Waals surface area contributed by atoms with Crippen LogP contribution in [-0.4, -0.2) is 0 Å². The van der Waals surface area contributed by atoms with Gasteiger partial charge in [0.15, 0.2) is 7.14 Å². The number of hydrogen-bond acceptors (Lipinski definition) is 1. The van der Waals surface area contributed by atoms with Gasteiger partial charge in [-0.1, -0.05) is 115 Å². The highest BCUT2D eigenvalue weighted by Crippen LogP contribution is 2.47. The first kappa shape index (κ1) is 19.5. The van der Waals surface area contributed by atoms with Gasteiger partial charge in [0.05, 0.1) is 0 Å². The maximum Gasteiger partial charge on any atom is 0.171 e. The van der Waals surface area contributed by atoms with Crippen LogP contribution in [0.3, 0.4) is 0 Å². The van der Waals surface area contributed by atoms with E-state index in [0.717, 1.165) is 37.8 Å². The van der Waals surface area contributed by atoms with E-state index in [-0.39, 0.29) is 0 Å². The van der Waals surface area contributed by atoms with Crippen LogP contribution in [0.2, 0.25) is 0 Å². The molecule has 0 atom stereocenters. The van der Waals surface area contributed by atoms with E-state index < -0.39 is 7.14 Å². The van der Waals surface area contributed by atoms with E-state index in [1.807, 2.05) is 60.7 Å². The van der Waals surface area contributed by atoms with Crippen LogP contribution >= 0.6 is 7.14 Å². The minimum Gasteiger partial charge on any atom is -0.309 e. The lowest BCUT2D eigenvalue weighted by atomic mass is 9.95. The molecule has 0 N–H and O–H groups in total. The zero-order valence-electron chi connectivity index (χ0n) is 17.4. The summed E-state index contributed by atoms with van der Waals surface area (Å²) >= 11 is 0. The van der Waals surface area contributed by atoms with Crippen molar-refractivity contribution >= 4 is 33.8 Å². The van der Waals surface area contributed by atoms with Gasteiger partial charge in [0.25, 0.3) is 0 Å². The van der Waals surface area contributed by atoms with Crippen molar-refractivity contribution in [3.05, 3.63) is 127 Å². The highest BCUT2D eigenvalue weighted by Gasteiger charge is 2.33. The number of rotatable bonds is 4. The lowest BCUT2D eigenvalue weighted by Crippen LogP contribution is -2.26. The van der Waals surface area contributed by atoms with Crippen LogP contribution in [0, 0.1) is 6.92 Å². The predicted octanol–water partition coefficient (Wildman–Crippen LogP) is 6.45. The second-order valence-electron chi connectivity index (χ2n) is 7.78. The molecule has 0 spiro atoms. The van der Waals surface area contributed by atoms with Gasteiger partial charge in [0.1, 0.15) is 0 Å². The fourth-order valence-electron chi connectivity index (χ4n) is 4.36. The van der Waals surface area contributed by atoms with Gasteiger partial charge in [-0.25, -0.2) is 0 Å². The predicted molar refractivity (Wildman–Crippen MR) is 134 cm³/mol. The van der Waals surface area contributed by atoms with Gasteiger partial charge in [-0.2, -0.15) is 0 Å². The highest BCUT2D eigenvalue weighted by molar-refractivity contribution is 7.85. The van der Waals surface area contributed by atoms with E-state index in [4.69, 9.17) is 0 Å². The molecule has 0 saturated carbocycles. The van der Waals surface area contributed by atoms with Crippen LogP contribution in [0.5, 0.6) is 0 Å². The van der Waals surface area contributed by atoms with Crippen LogP contribution in [-0.2, 0) is 4.57 Å². The summed E-state index contributed by atoms with van der Waals surface area (Å²) in [6.45, 7) is 2.12. The lowest BCUT2D eigenvalue weighted by molar-refractivity contribution is 0.592. The average Bonchev–Trinajstić information content (AvgIpc) is 2.84. The van der Waals surface area contributed by atoms with Crippen molar-refractivity contribution in [2.75, 3.05) is 0 Å². The monoisotopic (exact) mass is 418 g/mol. The van der Waals surface area contributed by atoms with Gasteiger partial charge in [-0.3, -0.25) is 0 Å². The van der Waals surface area contributed by atoms with Crippen LogP contribution in [0.15, 0.2) is 121 Å². The first-order valence-corrected chi connectivity index (χ1v) is 12.2. The minimum absolute atomic E-state index is 0.853. The Kier molecular flexibility index (Phi) is 5.06. The second kappa shape index (κ2) is 8.02. The second-order valence-corrected chi connectivity index (χ2v) is 10.5. The summed E-state index contributed by atoms with van der Waals surface area (Å²) in [5.41, 5.74) is 3.36. The van der Waals surface area contributed by atoms with Gasteiger partial charge in [-0.05, 0) is 34.9 Å². The maximum atomic E-state index is 15.2. The standard InChI is InChI=1S/C29H23OP/c1-22-12-8-10-18-26(22)29-27-19-11-9-13-23(27)20-21-28(29)31(30,24-14-4-2-5-15-24)25-16-6-3-7-17-25/h2-21H,1H3. The number of aryl methyl sites for hydroxylation is 1. The Morgan fingerprint density at radius 2 is 1.10 bits per heavy atom. The number of hydrogen-bond donors (Lipinski definition) is 0. The van der Waals surface area contributed by atoms with E-state index in [9.17, 15) is 0 Å². The van der Waals surface area contributed by atoms with E-state index in [1.54, 1.807) is 0 Å². The topological polar surface area (TPSA) is 17.1 Å². The van der Waals surface area contributed by atoms with Crippen LogP contribution in [0.4, 0.5) is 0 Å². The summed E-state index contributed by atoms with van der Waals surface area (Å²) in [6.07, 6.45) is 0. The zero-order valence-corrected chi connectivity index (χ0v) is 18.3. The Morgan fingerprint density at radius 3 is 1.74 bits per heavy atom. The average molecular weight is 418 g/mol. The van der Waals surface area contributed by atoms with Crippen molar-refractivity contribution in [3.8, 4) is 11.1 Å². The van der Waals surface area contributed by atoms with E-state index >= 15 is 4.57 Å². The van der Waals surface area contributed by atoms with Crippen molar-refractivity contribution in [3.63, 3.8) is 0 Å². The Bertz CT molecular complexity index is 1360. The smallest absolute Gasteiger partial charge is 0.171 e. The summed E-state index contributed by atoms with van der Waals surface area (Å²) in [4.78, 5) is 0. The molecule has 5 aromatic rings. The first-order chi connectivity index (χ1) is 15.2. The summed E-state index contributed by atoms with van der Waals surface area (Å²) in [5.74, 6) is 0. The molecule has 0 unspecified atom stereocenters. The molecule has 0 heterocycles. The Labute approximate surface area is 183 Å². The lowest BCUT2D eigenvalue weighted by Gasteiger charge is -2.24. The van der Waals surface area contributed by atoms with Crippen LogP contribution in [0.25, 0.3) is 21.9 Å². The van der Waals surface area contributed by atoms with Gasteiger partial charge in [0, 0.05) is 21.5 Å². The molecule has 0 saturated heterocycles. The normalized spacial score (nSPS) is 11.5. The number of benzene rings is 5. The Balaban J connectivity index is 1.94. The third kappa shape index (κ3) is 3.32. The summed E-state index contributed by atoms with van der Waals surface area (Å²) in [6, 6.07) is 40.7. The summed E-state index contributed by atoms with van der Waals surface area (Å²) in [5, 5.41) is 4.87. The minimum atomic E-state index is -3.10. The van der Waals surface area contributed by atoms with Gasteiger partial charge >= 0.3 is 0 Å². The fraction of sp³-hybridized carbons (Fsp3) is 0.0345. The van der Waals surface area contributed by atoms with Gasteiger partial charge < -0.3 is 4.57 Å². The molecule has 150 valence electrons. The van der Waals surface area contributed by atoms with Crippen molar-refractivity contribution in [2.45, 2.75) is 6.92 Å². The molecule has 2 heteroatoms. The zero-order chi connectivity index (χ0) is 21.3. The van der Waals surface area contributed by atoms with Crippen LogP contribution < -0.4 is 15.9 Å². The van der Waals surface area contributed by atoms with Crippen molar-refractivity contribution < 1.29 is 4.57 Å². The van der Waals surface area contributed by atoms with E-state index in [2.05, 4.69) is 67.6 Å². The molecule has 0 aliphatic rings. The Morgan fingerprint density at radius 1 is 0.548 bits per heavy atom. The van der Waals surface area contributed by atoms with Crippen LogP contribution in [0.1, 0.15) is 5.56 Å². The molecule has 0 aromatic heterocycles. The maximum absolute atomic E-state index is 15.2. The summed E-state index contributed by atoms with van der Waals surface area (Å²) in [7, 11) is -3.10. The molecule has 0 aliphatic carbocycles. The highest BCUT2D eigenvalue weighted by atomic mass is 31.2. The molecular weight excluding hydrogens is 395 g/mol. The molecule has 31 heavy (non-hydrogen) atoms. The molecular formula is C29H23OP. The van der Waals surface area contributed by atoms with E-state index in [1.165, 1.54) is 5.56 Å². The number of fused-ring (bicyclic) bond motifs is 1. The first-order valence-electron chi connectivity index (χ1n) is 10.5. The van der Waals surface area contributed by atoms with Gasteiger partial charge in [0.2, 0.25) is 0 Å². The summed E-state index contributed by atoms with van der Waals surface area (Å²) < 4.78 is 15.2. The molecule has 0 radical (unpaired) electrons. The third-order valence-corrected chi connectivity index (χ3v) is 9.00. The van der Waals surface area contributed by atoms with Crippen molar-refractivity contribution in [1.82, 2.24) is 0 Å². The SMILES string of the molecule is Cc1ccccc1-c1c(P(=O)(c2ccccc2)c2ccccc2)ccc2ccccc12. The molecule has 1 nitrogen and oxygen atoms in total. The van der Waals surface area contributed by atoms with E-state index in [0.29, 0.717) is 0 Å². The Hall–Kier alpha value is -3.41. The molecule has 0 amide bonds. The fourth-order valence-corrected chi connectivity index (χ4v) is 7.24. The molecule has 0 aliphatic heterocycles. The molecule has 0 fully saturated rings. The largest absolute Gasteiger partial charge is 0.309 e. The van der Waals surface area contributed by atoms with Crippen molar-refractivity contribution in [1.29, 1.82) is 0 Å². The molecule has 5 aromatic carbocycles. The third-order valence-electron chi connectivity index (χ3n) is 5.90. The van der Waals surface area contributed by atoms with Crippen molar-refractivity contribution in [2.24, 2.45) is 0 Å². The molecule has 0 bridgehead atoms.